The van der Waals surface area contributed by atoms with Crippen LogP contribution in [0.25, 0.3) is 0 Å². The van der Waals surface area contributed by atoms with Crippen LogP contribution in [0, 0.1) is 0 Å². The highest BCUT2D eigenvalue weighted by atomic mass is 16.5. The number of methoxy groups -OCH3 is 1. The lowest BCUT2D eigenvalue weighted by Gasteiger charge is -2.38. The van der Waals surface area contributed by atoms with Crippen molar-refractivity contribution >= 4 is 17.7 Å². The Hall–Kier alpha value is -1.43. The number of likely N-dealkylation sites (tertiary alicyclic amines) is 1. The standard InChI is InChI=1S/C15H23NO5/c1-21-15(8-4-2-5-9-15)12(17)13(18)16-10-6-3-7-11(16)14(19)20/h11H,2-10H2,1H3,(H,19,20). The van der Waals surface area contributed by atoms with Crippen molar-refractivity contribution in [3.8, 4) is 0 Å². The van der Waals surface area contributed by atoms with E-state index in [1.807, 2.05) is 0 Å². The minimum absolute atomic E-state index is 0.335. The van der Waals surface area contributed by atoms with Crippen molar-refractivity contribution < 1.29 is 24.2 Å². The number of carboxylic acid groups (broad SMARTS) is 1. The second-order valence-electron chi connectivity index (χ2n) is 5.94. The number of nitrogens with zero attached hydrogens (tertiary/aromatic N) is 1. The Labute approximate surface area is 124 Å². The van der Waals surface area contributed by atoms with Gasteiger partial charge in [-0.15, -0.1) is 0 Å². The summed E-state index contributed by atoms with van der Waals surface area (Å²) in [5, 5.41) is 9.23. The van der Waals surface area contributed by atoms with E-state index >= 15 is 0 Å². The Morgan fingerprint density at radius 3 is 2.33 bits per heavy atom. The van der Waals surface area contributed by atoms with Crippen LogP contribution in [-0.4, -0.2) is 53.0 Å². The molecule has 1 aliphatic carbocycles. The summed E-state index contributed by atoms with van der Waals surface area (Å²) in [6.45, 7) is 0.335. The van der Waals surface area contributed by atoms with Crippen LogP contribution in [-0.2, 0) is 19.1 Å². The summed E-state index contributed by atoms with van der Waals surface area (Å²) in [7, 11) is 1.46. The molecule has 1 aliphatic heterocycles. The van der Waals surface area contributed by atoms with E-state index in [2.05, 4.69) is 0 Å². The third kappa shape index (κ3) is 3.10. The van der Waals surface area contributed by atoms with Crippen molar-refractivity contribution in [2.75, 3.05) is 13.7 Å². The predicted molar refractivity (Wildman–Crippen MR) is 74.8 cm³/mol. The maximum absolute atomic E-state index is 12.6. The van der Waals surface area contributed by atoms with Crippen LogP contribution in [0.5, 0.6) is 0 Å². The zero-order valence-corrected chi connectivity index (χ0v) is 12.5. The smallest absolute Gasteiger partial charge is 0.326 e. The number of carbonyl (C=O) groups is 3. The molecule has 0 aromatic heterocycles. The quantitative estimate of drug-likeness (QED) is 0.792. The molecule has 1 saturated carbocycles. The van der Waals surface area contributed by atoms with Crippen LogP contribution in [0.2, 0.25) is 0 Å². The molecule has 0 aromatic carbocycles. The third-order valence-corrected chi connectivity index (χ3v) is 4.71. The summed E-state index contributed by atoms with van der Waals surface area (Å²) in [6.07, 6.45) is 5.75. The number of hydrogen-bond acceptors (Lipinski definition) is 4. The fraction of sp³-hybridized carbons (Fsp3) is 0.800. The number of ether oxygens (including phenoxy) is 1. The van der Waals surface area contributed by atoms with Gasteiger partial charge < -0.3 is 14.7 Å². The SMILES string of the molecule is COC1(C(=O)C(=O)N2CCCCC2C(=O)O)CCCCC1. The van der Waals surface area contributed by atoms with Crippen molar-refractivity contribution in [1.29, 1.82) is 0 Å². The Kier molecular flexibility index (Phi) is 4.98. The molecule has 0 aromatic rings. The fourth-order valence-corrected chi connectivity index (χ4v) is 3.40. The highest BCUT2D eigenvalue weighted by Gasteiger charge is 2.46. The maximum atomic E-state index is 12.6. The number of ketones is 1. The van der Waals surface area contributed by atoms with E-state index in [1.54, 1.807) is 0 Å². The Balaban J connectivity index is 2.16. The van der Waals surface area contributed by atoms with Crippen molar-refractivity contribution in [1.82, 2.24) is 4.90 Å². The van der Waals surface area contributed by atoms with Gasteiger partial charge in [0.1, 0.15) is 11.6 Å². The molecule has 118 valence electrons. The molecule has 2 rings (SSSR count). The molecule has 0 spiro atoms. The van der Waals surface area contributed by atoms with E-state index in [1.165, 1.54) is 12.0 Å². The van der Waals surface area contributed by atoms with Crippen molar-refractivity contribution in [2.45, 2.75) is 63.0 Å². The Morgan fingerprint density at radius 2 is 1.76 bits per heavy atom. The average molecular weight is 297 g/mol. The molecule has 1 atom stereocenters. The Bertz CT molecular complexity index is 428. The molecule has 1 unspecified atom stereocenters. The predicted octanol–water partition coefficient (Wildman–Crippen LogP) is 1.37. The number of piperidine rings is 1. The highest BCUT2D eigenvalue weighted by Crippen LogP contribution is 2.33. The van der Waals surface area contributed by atoms with E-state index in [4.69, 9.17) is 4.74 Å². The van der Waals surface area contributed by atoms with Crippen molar-refractivity contribution in [2.24, 2.45) is 0 Å². The maximum Gasteiger partial charge on any atom is 0.326 e. The summed E-state index contributed by atoms with van der Waals surface area (Å²) in [5.41, 5.74) is -1.05. The molecule has 1 N–H and O–H groups in total. The van der Waals surface area contributed by atoms with Crippen LogP contribution in [0.15, 0.2) is 0 Å². The number of carboxylic acids is 1. The van der Waals surface area contributed by atoms with Gasteiger partial charge in [-0.1, -0.05) is 19.3 Å². The lowest BCUT2D eigenvalue weighted by molar-refractivity contribution is -0.165. The molecule has 21 heavy (non-hydrogen) atoms. The number of rotatable bonds is 4. The van der Waals surface area contributed by atoms with Gasteiger partial charge in [0.05, 0.1) is 0 Å². The largest absolute Gasteiger partial charge is 0.480 e. The minimum atomic E-state index is -1.05. The summed E-state index contributed by atoms with van der Waals surface area (Å²) < 4.78 is 5.40. The molecule has 1 heterocycles. The first-order valence-corrected chi connectivity index (χ1v) is 7.65. The van der Waals surface area contributed by atoms with Gasteiger partial charge in [-0.2, -0.15) is 0 Å². The molecule has 1 saturated heterocycles. The average Bonchev–Trinajstić information content (AvgIpc) is 2.54. The van der Waals surface area contributed by atoms with Crippen LogP contribution in [0.1, 0.15) is 51.4 Å². The topological polar surface area (TPSA) is 83.9 Å². The van der Waals surface area contributed by atoms with E-state index in [9.17, 15) is 19.5 Å². The molecule has 2 fully saturated rings. The van der Waals surface area contributed by atoms with E-state index < -0.39 is 29.3 Å². The Morgan fingerprint density at radius 1 is 1.10 bits per heavy atom. The number of aliphatic carboxylic acids is 1. The normalized spacial score (nSPS) is 25.4. The second kappa shape index (κ2) is 6.56. The minimum Gasteiger partial charge on any atom is -0.480 e. The lowest BCUT2D eigenvalue weighted by atomic mass is 9.80. The molecular formula is C15H23NO5. The van der Waals surface area contributed by atoms with Gasteiger partial charge in [0.2, 0.25) is 0 Å². The van der Waals surface area contributed by atoms with Crippen LogP contribution >= 0.6 is 0 Å². The first-order valence-electron chi connectivity index (χ1n) is 7.65. The first-order chi connectivity index (χ1) is 10.0. The monoisotopic (exact) mass is 297 g/mol. The van der Waals surface area contributed by atoms with Gasteiger partial charge in [-0.25, -0.2) is 4.79 Å². The van der Waals surface area contributed by atoms with Gasteiger partial charge in [0, 0.05) is 13.7 Å². The molecule has 1 amide bonds. The zero-order valence-electron chi connectivity index (χ0n) is 12.5. The van der Waals surface area contributed by atoms with E-state index in [-0.39, 0.29) is 0 Å². The first kappa shape index (κ1) is 15.9. The zero-order chi connectivity index (χ0) is 15.5. The summed E-state index contributed by atoms with van der Waals surface area (Å²) in [6, 6.07) is -0.882. The van der Waals surface area contributed by atoms with Gasteiger partial charge >= 0.3 is 5.97 Å². The van der Waals surface area contributed by atoms with Crippen molar-refractivity contribution in [3.05, 3.63) is 0 Å². The lowest BCUT2D eigenvalue weighted by Crippen LogP contribution is -2.56. The van der Waals surface area contributed by atoms with Gasteiger partial charge in [-0.3, -0.25) is 9.59 Å². The number of hydrogen-bond donors (Lipinski definition) is 1. The molecular weight excluding hydrogens is 274 g/mol. The fourth-order valence-electron chi connectivity index (χ4n) is 3.40. The molecule has 0 radical (unpaired) electrons. The highest BCUT2D eigenvalue weighted by molar-refractivity contribution is 6.39. The molecule has 6 heteroatoms. The third-order valence-electron chi connectivity index (χ3n) is 4.71. The van der Waals surface area contributed by atoms with Crippen molar-refractivity contribution in [3.63, 3.8) is 0 Å². The molecule has 0 bridgehead atoms. The van der Waals surface area contributed by atoms with Crippen LogP contribution in [0.4, 0.5) is 0 Å². The van der Waals surface area contributed by atoms with Gasteiger partial charge in [0.15, 0.2) is 0 Å². The van der Waals surface area contributed by atoms with Crippen LogP contribution in [0.3, 0.4) is 0 Å². The number of carbonyl (C=O) groups excluding carboxylic acids is 2. The van der Waals surface area contributed by atoms with E-state index in [0.29, 0.717) is 25.8 Å². The summed E-state index contributed by atoms with van der Waals surface area (Å²) in [4.78, 5) is 37.6. The summed E-state index contributed by atoms with van der Waals surface area (Å²) >= 11 is 0. The molecule has 6 nitrogen and oxygen atoms in total. The van der Waals surface area contributed by atoms with E-state index in [0.717, 1.165) is 32.1 Å². The molecule has 2 aliphatic rings. The van der Waals surface area contributed by atoms with Gasteiger partial charge in [0.25, 0.3) is 11.7 Å². The van der Waals surface area contributed by atoms with Crippen LogP contribution < -0.4 is 0 Å². The second-order valence-corrected chi connectivity index (χ2v) is 5.94. The number of amides is 1. The number of Topliss-reactive ketones (excluding diaryl/α,β-unsaturated/α-hetero) is 1. The summed E-state index contributed by atoms with van der Waals surface area (Å²) in [5.74, 6) is -2.30. The van der Waals surface area contributed by atoms with Gasteiger partial charge in [-0.05, 0) is 32.1 Å².